The number of aromatic amines is 1. The van der Waals surface area contributed by atoms with Crippen LogP contribution in [0.25, 0.3) is 0 Å². The van der Waals surface area contributed by atoms with Crippen LogP contribution in [0.1, 0.15) is 30.5 Å². The van der Waals surface area contributed by atoms with E-state index in [0.29, 0.717) is 5.41 Å². The number of H-pyrrole nitrogens is 1. The number of likely N-dealkylation sites (tertiary alicyclic amines) is 1. The summed E-state index contributed by atoms with van der Waals surface area (Å²) in [6.45, 7) is 8.12. The molecule has 2 saturated heterocycles. The smallest absolute Gasteiger partial charge is 0.0535 e. The van der Waals surface area contributed by atoms with Gasteiger partial charge in [-0.1, -0.05) is 0 Å². The number of hydrogen-bond donors (Lipinski definition) is 2. The van der Waals surface area contributed by atoms with Crippen LogP contribution in [0, 0.1) is 12.3 Å². The highest BCUT2D eigenvalue weighted by molar-refractivity contribution is 5.14. The lowest BCUT2D eigenvalue weighted by molar-refractivity contribution is 0.194. The van der Waals surface area contributed by atoms with E-state index in [1.807, 2.05) is 6.20 Å². The highest BCUT2D eigenvalue weighted by Gasteiger charge is 2.38. The fourth-order valence-electron chi connectivity index (χ4n) is 3.30. The zero-order chi connectivity index (χ0) is 11.7. The van der Waals surface area contributed by atoms with Gasteiger partial charge in [0.25, 0.3) is 0 Å². The number of nitrogens with zero attached hydrogens (tertiary/aromatic N) is 2. The van der Waals surface area contributed by atoms with Crippen LogP contribution >= 0.6 is 0 Å². The molecule has 0 atom stereocenters. The first-order valence-electron chi connectivity index (χ1n) is 6.69. The molecular weight excluding hydrogens is 212 g/mol. The number of hydrogen-bond acceptors (Lipinski definition) is 3. The Kier molecular flexibility index (Phi) is 2.92. The second kappa shape index (κ2) is 4.42. The van der Waals surface area contributed by atoms with Crippen LogP contribution in [-0.4, -0.2) is 41.3 Å². The van der Waals surface area contributed by atoms with Gasteiger partial charge in [0.2, 0.25) is 0 Å². The SMILES string of the molecule is Cc1[nH]ncc1CN1CCC2(CCNCC2)C1. The van der Waals surface area contributed by atoms with E-state index in [0.717, 1.165) is 6.54 Å². The van der Waals surface area contributed by atoms with Crippen LogP contribution in [0.4, 0.5) is 0 Å². The van der Waals surface area contributed by atoms with Crippen molar-refractivity contribution in [3.05, 3.63) is 17.5 Å². The normalized spacial score (nSPS) is 24.5. The summed E-state index contributed by atoms with van der Waals surface area (Å²) in [6, 6.07) is 0. The van der Waals surface area contributed by atoms with E-state index in [1.54, 1.807) is 0 Å². The summed E-state index contributed by atoms with van der Waals surface area (Å²) in [5, 5.41) is 10.6. The quantitative estimate of drug-likeness (QED) is 0.810. The lowest BCUT2D eigenvalue weighted by Crippen LogP contribution is -2.38. The number of rotatable bonds is 2. The zero-order valence-electron chi connectivity index (χ0n) is 10.6. The molecule has 4 nitrogen and oxygen atoms in total. The molecule has 1 aromatic heterocycles. The molecule has 2 fully saturated rings. The predicted molar refractivity (Wildman–Crippen MR) is 67.8 cm³/mol. The second-order valence-corrected chi connectivity index (χ2v) is 5.73. The maximum Gasteiger partial charge on any atom is 0.0535 e. The Morgan fingerprint density at radius 3 is 2.88 bits per heavy atom. The first kappa shape index (κ1) is 11.2. The average Bonchev–Trinajstić information content (AvgIpc) is 2.90. The molecule has 94 valence electrons. The minimum absolute atomic E-state index is 0.614. The molecule has 4 heteroatoms. The molecule has 2 aliphatic rings. The van der Waals surface area contributed by atoms with E-state index in [-0.39, 0.29) is 0 Å². The molecule has 0 saturated carbocycles. The van der Waals surface area contributed by atoms with Gasteiger partial charge < -0.3 is 5.32 Å². The van der Waals surface area contributed by atoms with Gasteiger partial charge in [0, 0.05) is 24.3 Å². The molecule has 2 N–H and O–H groups in total. The largest absolute Gasteiger partial charge is 0.317 e. The van der Waals surface area contributed by atoms with Crippen molar-refractivity contribution in [3.8, 4) is 0 Å². The molecule has 0 bridgehead atoms. The molecule has 0 unspecified atom stereocenters. The molecule has 3 rings (SSSR count). The number of piperidine rings is 1. The summed E-state index contributed by atoms with van der Waals surface area (Å²) in [5.41, 5.74) is 3.19. The van der Waals surface area contributed by atoms with Gasteiger partial charge in [-0.25, -0.2) is 0 Å². The van der Waals surface area contributed by atoms with Crippen molar-refractivity contribution < 1.29 is 0 Å². The molecule has 0 amide bonds. The Balaban J connectivity index is 1.62. The molecule has 0 radical (unpaired) electrons. The van der Waals surface area contributed by atoms with Gasteiger partial charge in [0.1, 0.15) is 0 Å². The lowest BCUT2D eigenvalue weighted by atomic mass is 9.78. The summed E-state index contributed by atoms with van der Waals surface area (Å²) >= 11 is 0. The van der Waals surface area contributed by atoms with E-state index in [9.17, 15) is 0 Å². The Morgan fingerprint density at radius 2 is 2.18 bits per heavy atom. The third kappa shape index (κ3) is 2.24. The second-order valence-electron chi connectivity index (χ2n) is 5.73. The minimum atomic E-state index is 0.614. The van der Waals surface area contributed by atoms with Gasteiger partial charge in [-0.05, 0) is 51.2 Å². The highest BCUT2D eigenvalue weighted by atomic mass is 15.2. The van der Waals surface area contributed by atoms with Crippen LogP contribution in [0.5, 0.6) is 0 Å². The molecule has 1 spiro atoms. The molecular formula is C13H22N4. The van der Waals surface area contributed by atoms with Crippen LogP contribution in [0.2, 0.25) is 0 Å². The van der Waals surface area contributed by atoms with Crippen LogP contribution < -0.4 is 5.32 Å². The van der Waals surface area contributed by atoms with Gasteiger partial charge in [0.15, 0.2) is 0 Å². The highest BCUT2D eigenvalue weighted by Crippen LogP contribution is 2.39. The van der Waals surface area contributed by atoms with Crippen molar-refractivity contribution in [2.75, 3.05) is 26.2 Å². The first-order chi connectivity index (χ1) is 8.27. The van der Waals surface area contributed by atoms with Crippen molar-refractivity contribution in [3.63, 3.8) is 0 Å². The molecule has 17 heavy (non-hydrogen) atoms. The summed E-state index contributed by atoms with van der Waals surface area (Å²) in [5.74, 6) is 0. The van der Waals surface area contributed by atoms with Crippen molar-refractivity contribution in [1.29, 1.82) is 0 Å². The van der Waals surface area contributed by atoms with E-state index < -0.39 is 0 Å². The number of aryl methyl sites for hydroxylation is 1. The van der Waals surface area contributed by atoms with E-state index >= 15 is 0 Å². The van der Waals surface area contributed by atoms with Gasteiger partial charge in [-0.15, -0.1) is 0 Å². The van der Waals surface area contributed by atoms with Gasteiger partial charge in [-0.3, -0.25) is 10.00 Å². The maximum atomic E-state index is 4.11. The van der Waals surface area contributed by atoms with Crippen LogP contribution in [-0.2, 0) is 6.54 Å². The topological polar surface area (TPSA) is 44.0 Å². The number of aromatic nitrogens is 2. The van der Waals surface area contributed by atoms with E-state index in [1.165, 1.54) is 56.7 Å². The third-order valence-electron chi connectivity index (χ3n) is 4.51. The third-order valence-corrected chi connectivity index (χ3v) is 4.51. The maximum absolute atomic E-state index is 4.11. The molecule has 3 heterocycles. The Labute approximate surface area is 103 Å². The Hall–Kier alpha value is -0.870. The monoisotopic (exact) mass is 234 g/mol. The van der Waals surface area contributed by atoms with Crippen molar-refractivity contribution in [1.82, 2.24) is 20.4 Å². The fraction of sp³-hybridized carbons (Fsp3) is 0.769. The summed E-state index contributed by atoms with van der Waals surface area (Å²) in [7, 11) is 0. The average molecular weight is 234 g/mol. The molecule has 0 aliphatic carbocycles. The van der Waals surface area contributed by atoms with Crippen molar-refractivity contribution >= 4 is 0 Å². The van der Waals surface area contributed by atoms with E-state index in [4.69, 9.17) is 0 Å². The van der Waals surface area contributed by atoms with Crippen molar-refractivity contribution in [2.24, 2.45) is 5.41 Å². The Bertz CT molecular complexity index is 379. The van der Waals surface area contributed by atoms with Gasteiger partial charge >= 0.3 is 0 Å². The van der Waals surface area contributed by atoms with E-state index in [2.05, 4.69) is 27.3 Å². The summed E-state index contributed by atoms with van der Waals surface area (Å²) in [4.78, 5) is 2.60. The molecule has 2 aliphatic heterocycles. The molecule has 0 aromatic carbocycles. The van der Waals surface area contributed by atoms with Gasteiger partial charge in [0.05, 0.1) is 6.20 Å². The fourth-order valence-corrected chi connectivity index (χ4v) is 3.30. The zero-order valence-corrected chi connectivity index (χ0v) is 10.6. The minimum Gasteiger partial charge on any atom is -0.317 e. The first-order valence-corrected chi connectivity index (χ1v) is 6.69. The van der Waals surface area contributed by atoms with Gasteiger partial charge in [-0.2, -0.15) is 5.10 Å². The van der Waals surface area contributed by atoms with Crippen molar-refractivity contribution in [2.45, 2.75) is 32.7 Å². The number of nitrogens with one attached hydrogen (secondary N) is 2. The van der Waals surface area contributed by atoms with Crippen LogP contribution in [0.15, 0.2) is 6.20 Å². The Morgan fingerprint density at radius 1 is 1.35 bits per heavy atom. The standard InChI is InChI=1S/C13H22N4/c1-11-12(8-15-16-11)9-17-7-4-13(10-17)2-5-14-6-3-13/h8,14H,2-7,9-10H2,1H3,(H,15,16). The summed E-state index contributed by atoms with van der Waals surface area (Å²) in [6.07, 6.45) is 6.07. The summed E-state index contributed by atoms with van der Waals surface area (Å²) < 4.78 is 0. The lowest BCUT2D eigenvalue weighted by Gasteiger charge is -2.33. The van der Waals surface area contributed by atoms with Crippen LogP contribution in [0.3, 0.4) is 0 Å². The molecule has 1 aromatic rings. The predicted octanol–water partition coefficient (Wildman–Crippen LogP) is 1.29.